The molecule has 2 aromatic carbocycles. The Kier molecular flexibility index (Phi) is 6.06. The van der Waals surface area contributed by atoms with Crippen LogP contribution in [0.5, 0.6) is 0 Å². The van der Waals surface area contributed by atoms with Crippen molar-refractivity contribution in [2.45, 2.75) is 31.8 Å². The molecule has 6 heteroatoms. The van der Waals surface area contributed by atoms with E-state index in [4.69, 9.17) is 0 Å². The molecule has 0 atom stereocenters. The number of hydrogen-bond acceptors (Lipinski definition) is 4. The lowest BCUT2D eigenvalue weighted by Crippen LogP contribution is -2.08. The standard InChI is InChI=1S/C21H22FN3OS/c1-4-14-10-11-15(5-2)17(12-14)19(26)13-27-21-24-23-20(25(21)3)16-8-6-7-9-18(16)22/h6-12H,4-5,13H2,1-3H3. The SMILES string of the molecule is CCc1ccc(CC)c(C(=O)CSc2nnc(-c3ccccc3F)n2C)c1. The number of benzene rings is 2. The maximum Gasteiger partial charge on any atom is 0.191 e. The van der Waals surface area contributed by atoms with Crippen LogP contribution in [0.15, 0.2) is 47.6 Å². The number of thioether (sulfide) groups is 1. The molecule has 140 valence electrons. The summed E-state index contributed by atoms with van der Waals surface area (Å²) < 4.78 is 15.7. The second kappa shape index (κ2) is 8.48. The third-order valence-corrected chi connectivity index (χ3v) is 5.57. The van der Waals surface area contributed by atoms with Crippen molar-refractivity contribution in [3.8, 4) is 11.4 Å². The fourth-order valence-corrected chi connectivity index (χ4v) is 3.73. The van der Waals surface area contributed by atoms with E-state index in [9.17, 15) is 9.18 Å². The van der Waals surface area contributed by atoms with E-state index in [0.29, 0.717) is 16.5 Å². The van der Waals surface area contributed by atoms with Crippen molar-refractivity contribution in [2.24, 2.45) is 7.05 Å². The highest BCUT2D eigenvalue weighted by Gasteiger charge is 2.17. The Morgan fingerprint density at radius 3 is 2.59 bits per heavy atom. The largest absolute Gasteiger partial charge is 0.305 e. The quantitative estimate of drug-likeness (QED) is 0.437. The molecule has 0 fully saturated rings. The van der Waals surface area contributed by atoms with Crippen molar-refractivity contribution >= 4 is 17.5 Å². The van der Waals surface area contributed by atoms with Crippen molar-refractivity contribution < 1.29 is 9.18 Å². The first-order valence-corrected chi connectivity index (χ1v) is 9.95. The van der Waals surface area contributed by atoms with E-state index in [1.165, 1.54) is 17.8 Å². The molecular weight excluding hydrogens is 361 g/mol. The van der Waals surface area contributed by atoms with Gasteiger partial charge in [-0.3, -0.25) is 4.79 Å². The number of ketones is 1. The van der Waals surface area contributed by atoms with E-state index in [-0.39, 0.29) is 17.4 Å². The van der Waals surface area contributed by atoms with Gasteiger partial charge in [-0.05, 0) is 42.2 Å². The number of carbonyl (C=O) groups excluding carboxylic acids is 1. The predicted molar refractivity (Wildman–Crippen MR) is 107 cm³/mol. The average molecular weight is 383 g/mol. The molecule has 0 spiro atoms. The summed E-state index contributed by atoms with van der Waals surface area (Å²) in [5.74, 6) is 0.445. The molecule has 0 N–H and O–H groups in total. The summed E-state index contributed by atoms with van der Waals surface area (Å²) in [6.07, 6.45) is 1.71. The zero-order valence-electron chi connectivity index (χ0n) is 15.7. The fourth-order valence-electron chi connectivity index (χ4n) is 2.94. The first kappa shape index (κ1) is 19.3. The van der Waals surface area contributed by atoms with Crippen LogP contribution in [0.1, 0.15) is 35.3 Å². The summed E-state index contributed by atoms with van der Waals surface area (Å²) in [5, 5.41) is 8.82. The molecule has 1 aromatic heterocycles. The lowest BCUT2D eigenvalue weighted by Gasteiger charge is -2.09. The molecule has 3 rings (SSSR count). The Balaban J connectivity index is 1.78. The molecule has 0 unspecified atom stereocenters. The maximum atomic E-state index is 14.0. The van der Waals surface area contributed by atoms with Gasteiger partial charge in [0.25, 0.3) is 0 Å². The first-order chi connectivity index (χ1) is 13.0. The molecule has 0 aliphatic carbocycles. The third-order valence-electron chi connectivity index (χ3n) is 4.55. The number of rotatable bonds is 7. The van der Waals surface area contributed by atoms with Gasteiger partial charge in [0.05, 0.1) is 11.3 Å². The normalized spacial score (nSPS) is 11.0. The summed E-state index contributed by atoms with van der Waals surface area (Å²) in [7, 11) is 1.78. The molecule has 3 aromatic rings. The molecule has 27 heavy (non-hydrogen) atoms. The van der Waals surface area contributed by atoms with Gasteiger partial charge in [0.1, 0.15) is 5.82 Å². The van der Waals surface area contributed by atoms with E-state index in [0.717, 1.165) is 29.5 Å². The van der Waals surface area contributed by atoms with Crippen LogP contribution in [-0.2, 0) is 19.9 Å². The van der Waals surface area contributed by atoms with Gasteiger partial charge >= 0.3 is 0 Å². The summed E-state index contributed by atoms with van der Waals surface area (Å²) >= 11 is 1.32. The van der Waals surface area contributed by atoms with Gasteiger partial charge in [-0.1, -0.05) is 49.9 Å². The highest BCUT2D eigenvalue weighted by atomic mass is 32.2. The van der Waals surface area contributed by atoms with Gasteiger partial charge in [-0.2, -0.15) is 0 Å². The number of aromatic nitrogens is 3. The minimum atomic E-state index is -0.343. The Morgan fingerprint density at radius 1 is 1.11 bits per heavy atom. The zero-order valence-corrected chi connectivity index (χ0v) is 16.5. The van der Waals surface area contributed by atoms with E-state index in [2.05, 4.69) is 23.2 Å². The van der Waals surface area contributed by atoms with Crippen LogP contribution >= 0.6 is 11.8 Å². The van der Waals surface area contributed by atoms with Gasteiger partial charge < -0.3 is 4.57 Å². The number of hydrogen-bond donors (Lipinski definition) is 0. The van der Waals surface area contributed by atoms with E-state index in [1.54, 1.807) is 29.8 Å². The topological polar surface area (TPSA) is 47.8 Å². The monoisotopic (exact) mass is 383 g/mol. The molecule has 0 aliphatic heterocycles. The second-order valence-corrected chi connectivity index (χ2v) is 7.20. The van der Waals surface area contributed by atoms with Crippen LogP contribution in [0.4, 0.5) is 4.39 Å². The minimum Gasteiger partial charge on any atom is -0.305 e. The molecule has 0 aliphatic rings. The van der Waals surface area contributed by atoms with Crippen molar-refractivity contribution in [1.29, 1.82) is 0 Å². The van der Waals surface area contributed by atoms with Crippen molar-refractivity contribution in [3.05, 3.63) is 65.0 Å². The highest BCUT2D eigenvalue weighted by Crippen LogP contribution is 2.25. The summed E-state index contributed by atoms with van der Waals surface area (Å²) in [6, 6.07) is 12.6. The van der Waals surface area contributed by atoms with Crippen LogP contribution in [0.3, 0.4) is 0 Å². The smallest absolute Gasteiger partial charge is 0.191 e. The molecule has 0 radical (unpaired) electrons. The maximum absolute atomic E-state index is 14.0. The Morgan fingerprint density at radius 2 is 1.89 bits per heavy atom. The summed E-state index contributed by atoms with van der Waals surface area (Å²) in [4.78, 5) is 12.8. The van der Waals surface area contributed by atoms with Crippen LogP contribution in [0.2, 0.25) is 0 Å². The number of aryl methyl sites for hydroxylation is 2. The summed E-state index contributed by atoms with van der Waals surface area (Å²) in [5.41, 5.74) is 3.39. The van der Waals surface area contributed by atoms with Gasteiger partial charge in [-0.15, -0.1) is 10.2 Å². The van der Waals surface area contributed by atoms with Crippen LogP contribution < -0.4 is 0 Å². The lowest BCUT2D eigenvalue weighted by atomic mass is 9.98. The third kappa shape index (κ3) is 4.11. The second-order valence-electron chi connectivity index (χ2n) is 6.26. The highest BCUT2D eigenvalue weighted by molar-refractivity contribution is 7.99. The predicted octanol–water partition coefficient (Wildman–Crippen LogP) is 4.72. The molecule has 0 amide bonds. The van der Waals surface area contributed by atoms with E-state index >= 15 is 0 Å². The van der Waals surface area contributed by atoms with Crippen molar-refractivity contribution in [2.75, 3.05) is 5.75 Å². The van der Waals surface area contributed by atoms with Gasteiger partial charge in [0.15, 0.2) is 16.8 Å². The molecule has 0 bridgehead atoms. The van der Waals surface area contributed by atoms with Crippen LogP contribution in [0, 0.1) is 5.82 Å². The average Bonchev–Trinajstić information content (AvgIpc) is 3.06. The van der Waals surface area contributed by atoms with Gasteiger partial charge in [-0.25, -0.2) is 4.39 Å². The molecule has 0 saturated carbocycles. The zero-order chi connectivity index (χ0) is 19.4. The Bertz CT molecular complexity index is 968. The van der Waals surface area contributed by atoms with Gasteiger partial charge in [0.2, 0.25) is 0 Å². The molecule has 1 heterocycles. The molecular formula is C21H22FN3OS. The molecule has 4 nitrogen and oxygen atoms in total. The Labute approximate surface area is 162 Å². The van der Waals surface area contributed by atoms with E-state index < -0.39 is 0 Å². The van der Waals surface area contributed by atoms with E-state index in [1.807, 2.05) is 19.1 Å². The fraction of sp³-hybridized carbons (Fsp3) is 0.286. The van der Waals surface area contributed by atoms with Crippen LogP contribution in [0.25, 0.3) is 11.4 Å². The number of Topliss-reactive ketones (excluding diaryl/α,β-unsaturated/α-hetero) is 1. The Hall–Kier alpha value is -2.47. The lowest BCUT2D eigenvalue weighted by molar-refractivity contribution is 0.102. The molecule has 0 saturated heterocycles. The number of halogens is 1. The van der Waals surface area contributed by atoms with Crippen molar-refractivity contribution in [1.82, 2.24) is 14.8 Å². The first-order valence-electron chi connectivity index (χ1n) is 8.97. The number of carbonyl (C=O) groups is 1. The van der Waals surface area contributed by atoms with Crippen LogP contribution in [-0.4, -0.2) is 26.3 Å². The minimum absolute atomic E-state index is 0.0718. The summed E-state index contributed by atoms with van der Waals surface area (Å²) in [6.45, 7) is 4.13. The van der Waals surface area contributed by atoms with Crippen molar-refractivity contribution in [3.63, 3.8) is 0 Å². The number of nitrogens with zero attached hydrogens (tertiary/aromatic N) is 3. The van der Waals surface area contributed by atoms with Gasteiger partial charge in [0, 0.05) is 12.6 Å².